The Balaban J connectivity index is 1.65. The Bertz CT molecular complexity index is 1040. The molecule has 4 nitrogen and oxygen atoms in total. The van der Waals surface area contributed by atoms with Crippen molar-refractivity contribution >= 4 is 17.1 Å². The van der Waals surface area contributed by atoms with Gasteiger partial charge in [-0.05, 0) is 48.9 Å². The maximum Gasteiger partial charge on any atom is 0.422 e. The molecule has 4 rings (SSSR count). The van der Waals surface area contributed by atoms with Crippen LogP contribution in [0.5, 0.6) is 11.6 Å². The first-order valence-corrected chi connectivity index (χ1v) is 10.7. The maximum absolute atomic E-state index is 6.21. The molecule has 0 N–H and O–H groups in total. The molecule has 0 aliphatic rings. The highest BCUT2D eigenvalue weighted by molar-refractivity contribution is 5.76. The molecule has 0 fully saturated rings. The number of pyridine rings is 1. The predicted molar refractivity (Wildman–Crippen MR) is 124 cm³/mol. The van der Waals surface area contributed by atoms with Gasteiger partial charge in [0.25, 0.3) is 0 Å². The van der Waals surface area contributed by atoms with Crippen molar-refractivity contribution in [1.82, 2.24) is 0 Å². The Morgan fingerprint density at radius 2 is 1.35 bits per heavy atom. The lowest BCUT2D eigenvalue weighted by Gasteiger charge is -2.25. The van der Waals surface area contributed by atoms with E-state index in [-0.39, 0.29) is 0 Å². The molecule has 156 valence electrons. The molecule has 1 aromatic heterocycles. The van der Waals surface area contributed by atoms with Gasteiger partial charge in [0, 0.05) is 33.9 Å². The van der Waals surface area contributed by atoms with Crippen molar-refractivity contribution in [3.05, 3.63) is 109 Å². The Morgan fingerprint density at radius 1 is 0.710 bits per heavy atom. The van der Waals surface area contributed by atoms with Crippen LogP contribution in [0, 0.1) is 0 Å². The minimum Gasteiger partial charge on any atom is -0.402 e. The monoisotopic (exact) mass is 411 g/mol. The number of nitrogens with zero attached hydrogens (tertiary/aromatic N) is 2. The van der Waals surface area contributed by atoms with Gasteiger partial charge in [-0.25, -0.2) is 0 Å². The molecule has 0 saturated heterocycles. The van der Waals surface area contributed by atoms with E-state index >= 15 is 0 Å². The fraction of sp³-hybridized carbons (Fsp3) is 0.148. The number of unbranched alkanes of at least 4 members (excludes halogenated alkanes) is 1. The van der Waals surface area contributed by atoms with Crippen LogP contribution in [-0.2, 0) is 0 Å². The van der Waals surface area contributed by atoms with Crippen molar-refractivity contribution in [2.75, 3.05) is 11.5 Å². The van der Waals surface area contributed by atoms with Gasteiger partial charge in [-0.3, -0.25) is 4.84 Å². The third-order valence-electron chi connectivity index (χ3n) is 4.84. The average molecular weight is 412 g/mol. The summed E-state index contributed by atoms with van der Waals surface area (Å²) in [6.07, 6.45) is 3.95. The fourth-order valence-corrected chi connectivity index (χ4v) is 3.31. The van der Waals surface area contributed by atoms with Gasteiger partial charge in [-0.15, -0.1) is 0 Å². The van der Waals surface area contributed by atoms with E-state index in [1.165, 1.54) is 0 Å². The van der Waals surface area contributed by atoms with E-state index in [9.17, 15) is 0 Å². The zero-order valence-electron chi connectivity index (χ0n) is 17.7. The molecule has 3 aromatic carbocycles. The zero-order chi connectivity index (χ0) is 21.3. The predicted octanol–water partition coefficient (Wildman–Crippen LogP) is 6.46. The normalized spacial score (nSPS) is 10.5. The van der Waals surface area contributed by atoms with E-state index < -0.39 is 0 Å². The fourth-order valence-electron chi connectivity index (χ4n) is 3.31. The molecule has 0 aliphatic carbocycles. The van der Waals surface area contributed by atoms with Gasteiger partial charge in [0.15, 0.2) is 6.61 Å². The quantitative estimate of drug-likeness (QED) is 0.233. The topological polar surface area (TPSA) is 25.6 Å². The zero-order valence-corrected chi connectivity index (χ0v) is 17.7. The summed E-state index contributed by atoms with van der Waals surface area (Å²) in [5, 5.41) is 0. The second kappa shape index (κ2) is 10.3. The van der Waals surface area contributed by atoms with E-state index in [2.05, 4.69) is 42.2 Å². The van der Waals surface area contributed by atoms with Crippen molar-refractivity contribution in [1.29, 1.82) is 0 Å². The summed E-state index contributed by atoms with van der Waals surface area (Å²) < 4.78 is 7.90. The highest BCUT2D eigenvalue weighted by Crippen LogP contribution is 2.36. The highest BCUT2D eigenvalue weighted by Gasteiger charge is 2.16. The lowest BCUT2D eigenvalue weighted by Crippen LogP contribution is -2.43. The third kappa shape index (κ3) is 5.23. The lowest BCUT2D eigenvalue weighted by atomic mass is 10.2. The number of hydrogen-bond donors (Lipinski definition) is 0. The minimum atomic E-state index is 0.640. The van der Waals surface area contributed by atoms with E-state index in [1.807, 2.05) is 79.0 Å². The number of aromatic nitrogens is 1. The molecular formula is C27H27N2O2+. The molecule has 4 heteroatoms. The van der Waals surface area contributed by atoms with Gasteiger partial charge in [0.1, 0.15) is 5.75 Å². The molecule has 0 spiro atoms. The van der Waals surface area contributed by atoms with Gasteiger partial charge < -0.3 is 9.64 Å². The largest absolute Gasteiger partial charge is 0.422 e. The van der Waals surface area contributed by atoms with Crippen LogP contribution in [0.2, 0.25) is 0 Å². The Kier molecular flexibility index (Phi) is 6.81. The van der Waals surface area contributed by atoms with Crippen LogP contribution in [0.15, 0.2) is 109 Å². The van der Waals surface area contributed by atoms with Crippen LogP contribution in [0.4, 0.5) is 17.1 Å². The summed E-state index contributed by atoms with van der Waals surface area (Å²) in [5.74, 6) is 1.38. The number of rotatable bonds is 9. The van der Waals surface area contributed by atoms with Crippen LogP contribution < -0.4 is 19.2 Å². The first kappa shape index (κ1) is 20.5. The van der Waals surface area contributed by atoms with Crippen LogP contribution >= 0.6 is 0 Å². The SMILES string of the molecule is CCCCO[n+]1ccccc1Oc1cccc(N(c2ccccc2)c2ccccc2)c1. The summed E-state index contributed by atoms with van der Waals surface area (Å²) in [7, 11) is 0. The average Bonchev–Trinajstić information content (AvgIpc) is 2.82. The van der Waals surface area contributed by atoms with Gasteiger partial charge in [-0.2, -0.15) is 0 Å². The first-order valence-electron chi connectivity index (χ1n) is 10.7. The summed E-state index contributed by atoms with van der Waals surface area (Å²) >= 11 is 0. The summed E-state index contributed by atoms with van der Waals surface area (Å²) in [6.45, 7) is 2.80. The van der Waals surface area contributed by atoms with E-state index in [0.29, 0.717) is 12.5 Å². The van der Waals surface area contributed by atoms with Crippen molar-refractivity contribution < 1.29 is 14.3 Å². The highest BCUT2D eigenvalue weighted by atomic mass is 16.7. The number of hydrogen-bond acceptors (Lipinski definition) is 3. The van der Waals surface area contributed by atoms with Gasteiger partial charge in [0.05, 0.1) is 6.07 Å². The van der Waals surface area contributed by atoms with Gasteiger partial charge >= 0.3 is 5.88 Å². The Morgan fingerprint density at radius 3 is 2.03 bits per heavy atom. The number of ether oxygens (including phenoxy) is 1. The third-order valence-corrected chi connectivity index (χ3v) is 4.84. The Labute approximate surface area is 183 Å². The van der Waals surface area contributed by atoms with E-state index in [0.717, 1.165) is 35.7 Å². The molecule has 0 aliphatic heterocycles. The van der Waals surface area contributed by atoms with E-state index in [4.69, 9.17) is 9.57 Å². The molecule has 1 heterocycles. The number of anilines is 3. The summed E-state index contributed by atoms with van der Waals surface area (Å²) in [5.41, 5.74) is 3.19. The van der Waals surface area contributed by atoms with Crippen LogP contribution in [0.25, 0.3) is 0 Å². The second-order valence-electron chi connectivity index (χ2n) is 7.16. The smallest absolute Gasteiger partial charge is 0.402 e. The second-order valence-corrected chi connectivity index (χ2v) is 7.16. The molecule has 0 atom stereocenters. The van der Waals surface area contributed by atoms with Crippen molar-refractivity contribution in [3.63, 3.8) is 0 Å². The maximum atomic E-state index is 6.21. The van der Waals surface area contributed by atoms with Crippen molar-refractivity contribution in [2.24, 2.45) is 0 Å². The van der Waals surface area contributed by atoms with Crippen LogP contribution in [0.3, 0.4) is 0 Å². The molecule has 0 unspecified atom stereocenters. The van der Waals surface area contributed by atoms with E-state index in [1.54, 1.807) is 4.73 Å². The van der Waals surface area contributed by atoms with Gasteiger partial charge in [-0.1, -0.05) is 55.8 Å². The minimum absolute atomic E-state index is 0.640. The number of para-hydroxylation sites is 2. The van der Waals surface area contributed by atoms with Crippen LogP contribution in [-0.4, -0.2) is 6.61 Å². The molecular weight excluding hydrogens is 384 g/mol. The standard InChI is InChI=1S/C27H27N2O2/c1-2-3-21-30-28-20-11-10-19-27(28)31-26-18-12-17-25(22-26)29(23-13-6-4-7-14-23)24-15-8-5-9-16-24/h4-20,22H,2-3,21H2,1H3/q+1. The Hall–Kier alpha value is -3.79. The molecule has 31 heavy (non-hydrogen) atoms. The molecule has 0 amide bonds. The number of benzene rings is 3. The van der Waals surface area contributed by atoms with Gasteiger partial charge in [0.2, 0.25) is 6.20 Å². The molecule has 4 aromatic rings. The van der Waals surface area contributed by atoms with Crippen molar-refractivity contribution in [2.45, 2.75) is 19.8 Å². The van der Waals surface area contributed by atoms with Crippen LogP contribution in [0.1, 0.15) is 19.8 Å². The van der Waals surface area contributed by atoms with Crippen molar-refractivity contribution in [3.8, 4) is 11.6 Å². The molecule has 0 radical (unpaired) electrons. The molecule has 0 bridgehead atoms. The molecule has 0 saturated carbocycles. The summed E-state index contributed by atoms with van der Waals surface area (Å²) in [6, 6.07) is 34.5. The lowest BCUT2D eigenvalue weighted by molar-refractivity contribution is -0.892. The first-order chi connectivity index (χ1) is 15.3. The summed E-state index contributed by atoms with van der Waals surface area (Å²) in [4.78, 5) is 8.06.